The molecule has 0 aromatic heterocycles. The van der Waals surface area contributed by atoms with E-state index in [2.05, 4.69) is 11.4 Å². The number of aryl methyl sites for hydroxylation is 1. The SMILES string of the molecule is CCNC(C)(C#N)CCOc1cc(F)ccc1C. The van der Waals surface area contributed by atoms with Crippen LogP contribution in [0.4, 0.5) is 4.39 Å². The predicted molar refractivity (Wildman–Crippen MR) is 68.9 cm³/mol. The fraction of sp³-hybridized carbons (Fsp3) is 0.500. The summed E-state index contributed by atoms with van der Waals surface area (Å²) in [5.41, 5.74) is 0.286. The highest BCUT2D eigenvalue weighted by molar-refractivity contribution is 5.32. The topological polar surface area (TPSA) is 45.0 Å². The molecule has 0 bridgehead atoms. The van der Waals surface area contributed by atoms with Gasteiger partial charge in [-0.05, 0) is 32.0 Å². The Kier molecular flexibility index (Phi) is 5.11. The maximum Gasteiger partial charge on any atom is 0.126 e. The van der Waals surface area contributed by atoms with Crippen molar-refractivity contribution in [3.63, 3.8) is 0 Å². The Bertz CT molecular complexity index is 442. The van der Waals surface area contributed by atoms with Crippen LogP contribution in [0.1, 0.15) is 25.8 Å². The molecule has 0 aliphatic heterocycles. The van der Waals surface area contributed by atoms with Crippen molar-refractivity contribution in [3.8, 4) is 11.8 Å². The molecule has 1 unspecified atom stereocenters. The van der Waals surface area contributed by atoms with Gasteiger partial charge in [0.15, 0.2) is 0 Å². The molecule has 0 amide bonds. The summed E-state index contributed by atoms with van der Waals surface area (Å²) in [4.78, 5) is 0. The third-order valence-corrected chi connectivity index (χ3v) is 2.82. The summed E-state index contributed by atoms with van der Waals surface area (Å²) in [5, 5.41) is 12.2. The lowest BCUT2D eigenvalue weighted by Crippen LogP contribution is -2.42. The Labute approximate surface area is 108 Å². The van der Waals surface area contributed by atoms with Gasteiger partial charge >= 0.3 is 0 Å². The molecule has 0 saturated heterocycles. The molecule has 0 aliphatic rings. The molecule has 1 N–H and O–H groups in total. The van der Waals surface area contributed by atoms with Gasteiger partial charge in [0.1, 0.15) is 17.1 Å². The first kappa shape index (κ1) is 14.5. The van der Waals surface area contributed by atoms with Crippen LogP contribution in [0.25, 0.3) is 0 Å². The molecule has 18 heavy (non-hydrogen) atoms. The second-order valence-corrected chi connectivity index (χ2v) is 4.48. The lowest BCUT2D eigenvalue weighted by Gasteiger charge is -2.22. The van der Waals surface area contributed by atoms with Crippen LogP contribution in [0.2, 0.25) is 0 Å². The molecule has 1 aromatic rings. The summed E-state index contributed by atoms with van der Waals surface area (Å²) < 4.78 is 18.6. The average Bonchev–Trinajstić information content (AvgIpc) is 2.34. The van der Waals surface area contributed by atoms with Gasteiger partial charge in [-0.1, -0.05) is 13.0 Å². The lowest BCUT2D eigenvalue weighted by atomic mass is 10.0. The number of benzene rings is 1. The summed E-state index contributed by atoms with van der Waals surface area (Å²) in [6.45, 7) is 6.75. The molecule has 0 spiro atoms. The van der Waals surface area contributed by atoms with Crippen LogP contribution in [0.3, 0.4) is 0 Å². The fourth-order valence-corrected chi connectivity index (χ4v) is 1.67. The Balaban J connectivity index is 2.56. The van der Waals surface area contributed by atoms with E-state index in [1.807, 2.05) is 20.8 Å². The van der Waals surface area contributed by atoms with Gasteiger partial charge in [0, 0.05) is 12.5 Å². The van der Waals surface area contributed by atoms with Crippen LogP contribution < -0.4 is 10.1 Å². The molecule has 1 rings (SSSR count). The maximum absolute atomic E-state index is 13.1. The highest BCUT2D eigenvalue weighted by Crippen LogP contribution is 2.19. The quantitative estimate of drug-likeness (QED) is 0.844. The van der Waals surface area contributed by atoms with Crippen molar-refractivity contribution < 1.29 is 9.13 Å². The van der Waals surface area contributed by atoms with Gasteiger partial charge < -0.3 is 4.74 Å². The van der Waals surface area contributed by atoms with Crippen molar-refractivity contribution in [3.05, 3.63) is 29.6 Å². The smallest absolute Gasteiger partial charge is 0.126 e. The molecular weight excluding hydrogens is 231 g/mol. The first-order chi connectivity index (χ1) is 8.50. The number of nitrogens with zero attached hydrogens (tertiary/aromatic N) is 1. The highest BCUT2D eigenvalue weighted by atomic mass is 19.1. The number of hydrogen-bond donors (Lipinski definition) is 1. The predicted octanol–water partition coefficient (Wildman–Crippen LogP) is 2.79. The van der Waals surface area contributed by atoms with Gasteiger partial charge in [0.25, 0.3) is 0 Å². The summed E-state index contributed by atoms with van der Waals surface area (Å²) in [7, 11) is 0. The maximum atomic E-state index is 13.1. The van der Waals surface area contributed by atoms with E-state index in [9.17, 15) is 4.39 Å². The number of nitrogens with one attached hydrogen (secondary N) is 1. The zero-order valence-electron chi connectivity index (χ0n) is 11.1. The van der Waals surface area contributed by atoms with E-state index in [0.29, 0.717) is 18.8 Å². The fourth-order valence-electron chi connectivity index (χ4n) is 1.67. The number of halogens is 1. The minimum Gasteiger partial charge on any atom is -0.493 e. The van der Waals surface area contributed by atoms with Crippen molar-refractivity contribution in [2.45, 2.75) is 32.7 Å². The minimum atomic E-state index is -0.601. The molecule has 0 radical (unpaired) electrons. The van der Waals surface area contributed by atoms with Crippen molar-refractivity contribution in [2.24, 2.45) is 0 Å². The number of nitriles is 1. The zero-order chi connectivity index (χ0) is 13.6. The molecule has 1 aromatic carbocycles. The van der Waals surface area contributed by atoms with Crippen molar-refractivity contribution >= 4 is 0 Å². The summed E-state index contributed by atoms with van der Waals surface area (Å²) in [6.07, 6.45) is 0.549. The van der Waals surface area contributed by atoms with E-state index in [1.165, 1.54) is 12.1 Å². The van der Waals surface area contributed by atoms with Gasteiger partial charge in [-0.3, -0.25) is 5.32 Å². The molecule has 1 atom stereocenters. The van der Waals surface area contributed by atoms with Gasteiger partial charge in [0.2, 0.25) is 0 Å². The van der Waals surface area contributed by atoms with Crippen LogP contribution in [-0.2, 0) is 0 Å². The molecule has 0 aliphatic carbocycles. The zero-order valence-corrected chi connectivity index (χ0v) is 11.1. The first-order valence-electron chi connectivity index (χ1n) is 6.06. The van der Waals surface area contributed by atoms with E-state index in [1.54, 1.807) is 6.07 Å². The lowest BCUT2D eigenvalue weighted by molar-refractivity contribution is 0.266. The van der Waals surface area contributed by atoms with E-state index in [4.69, 9.17) is 10.00 Å². The van der Waals surface area contributed by atoms with Gasteiger partial charge in [-0.2, -0.15) is 5.26 Å². The van der Waals surface area contributed by atoms with Crippen molar-refractivity contribution in [1.29, 1.82) is 5.26 Å². The minimum absolute atomic E-state index is 0.315. The van der Waals surface area contributed by atoms with Crippen LogP contribution >= 0.6 is 0 Å². The molecule has 0 saturated carbocycles. The standard InChI is InChI=1S/C14H19FN2O/c1-4-17-14(3,10-16)7-8-18-13-9-12(15)6-5-11(13)2/h5-6,9,17H,4,7-8H2,1-3H3. The third kappa shape index (κ3) is 4.01. The number of rotatable bonds is 6. The van der Waals surface area contributed by atoms with Gasteiger partial charge in [0.05, 0.1) is 12.7 Å². The summed E-state index contributed by atoms with van der Waals surface area (Å²) >= 11 is 0. The van der Waals surface area contributed by atoms with Gasteiger partial charge in [-0.25, -0.2) is 4.39 Å². The van der Waals surface area contributed by atoms with E-state index >= 15 is 0 Å². The normalized spacial score (nSPS) is 13.7. The Morgan fingerprint density at radius 2 is 2.22 bits per heavy atom. The van der Waals surface area contributed by atoms with Gasteiger partial charge in [-0.15, -0.1) is 0 Å². The Morgan fingerprint density at radius 3 is 2.83 bits per heavy atom. The van der Waals surface area contributed by atoms with Crippen LogP contribution in [0, 0.1) is 24.1 Å². The molecule has 0 fully saturated rings. The second-order valence-electron chi connectivity index (χ2n) is 4.48. The van der Waals surface area contributed by atoms with E-state index < -0.39 is 5.54 Å². The Morgan fingerprint density at radius 1 is 1.50 bits per heavy atom. The molecule has 3 nitrogen and oxygen atoms in total. The van der Waals surface area contributed by atoms with Crippen LogP contribution in [-0.4, -0.2) is 18.7 Å². The largest absolute Gasteiger partial charge is 0.493 e. The second kappa shape index (κ2) is 6.36. The molecule has 4 heteroatoms. The number of ether oxygens (including phenoxy) is 1. The van der Waals surface area contributed by atoms with Crippen LogP contribution in [0.15, 0.2) is 18.2 Å². The van der Waals surface area contributed by atoms with Crippen molar-refractivity contribution in [2.75, 3.05) is 13.2 Å². The van der Waals surface area contributed by atoms with Crippen molar-refractivity contribution in [1.82, 2.24) is 5.32 Å². The average molecular weight is 250 g/mol. The number of hydrogen-bond acceptors (Lipinski definition) is 3. The summed E-state index contributed by atoms with van der Waals surface area (Å²) in [5.74, 6) is 0.220. The molecule has 98 valence electrons. The van der Waals surface area contributed by atoms with Crippen LogP contribution in [0.5, 0.6) is 5.75 Å². The monoisotopic (exact) mass is 250 g/mol. The third-order valence-electron chi connectivity index (χ3n) is 2.82. The van der Waals surface area contributed by atoms with E-state index in [0.717, 1.165) is 12.1 Å². The molecule has 0 heterocycles. The summed E-state index contributed by atoms with van der Waals surface area (Å²) in [6, 6.07) is 6.68. The highest BCUT2D eigenvalue weighted by Gasteiger charge is 2.22. The van der Waals surface area contributed by atoms with E-state index in [-0.39, 0.29) is 5.82 Å². The Hall–Kier alpha value is -1.60. The molecular formula is C14H19FN2O. The first-order valence-corrected chi connectivity index (χ1v) is 6.06.